The molecule has 1 aromatic heterocycles. The van der Waals surface area contributed by atoms with Gasteiger partial charge in [0.1, 0.15) is 5.82 Å². The third kappa shape index (κ3) is 4.46. The smallest absolute Gasteiger partial charge is 0.309 e. The van der Waals surface area contributed by atoms with Crippen molar-refractivity contribution in [3.05, 3.63) is 24.4 Å². The Bertz CT molecular complexity index is 549. The molecule has 6 heteroatoms. The minimum Gasteiger partial charge on any atom is -0.357 e. The van der Waals surface area contributed by atoms with Crippen LogP contribution in [-0.2, 0) is 9.59 Å². The number of piperidine rings is 1. The van der Waals surface area contributed by atoms with Gasteiger partial charge < -0.3 is 15.5 Å². The lowest BCUT2D eigenvalue weighted by molar-refractivity contribution is -0.139. The lowest BCUT2D eigenvalue weighted by atomic mass is 9.97. The first kappa shape index (κ1) is 16.7. The summed E-state index contributed by atoms with van der Waals surface area (Å²) >= 11 is 0. The second-order valence-electron chi connectivity index (χ2n) is 6.78. The van der Waals surface area contributed by atoms with Crippen LogP contribution in [0.1, 0.15) is 38.5 Å². The van der Waals surface area contributed by atoms with Gasteiger partial charge in [-0.3, -0.25) is 9.59 Å². The van der Waals surface area contributed by atoms with Gasteiger partial charge in [0.15, 0.2) is 0 Å². The summed E-state index contributed by atoms with van der Waals surface area (Å²) in [6.07, 6.45) is 8.08. The fraction of sp³-hybridized carbons (Fsp3) is 0.611. The molecule has 2 N–H and O–H groups in total. The SMILES string of the molecule is O=C(NCC1CCN(c2ccccn2)CC1)C(=O)NC1CCCC1. The van der Waals surface area contributed by atoms with Gasteiger partial charge in [0.2, 0.25) is 0 Å². The molecule has 2 aliphatic rings. The Kier molecular flexibility index (Phi) is 5.67. The normalized spacial score (nSPS) is 19.2. The largest absolute Gasteiger partial charge is 0.357 e. The Morgan fingerprint density at radius 1 is 1.08 bits per heavy atom. The highest BCUT2D eigenvalue weighted by Crippen LogP contribution is 2.21. The zero-order valence-corrected chi connectivity index (χ0v) is 14.0. The number of aromatic nitrogens is 1. The van der Waals surface area contributed by atoms with Crippen LogP contribution in [0.25, 0.3) is 0 Å². The quantitative estimate of drug-likeness (QED) is 0.820. The molecule has 1 aromatic rings. The summed E-state index contributed by atoms with van der Waals surface area (Å²) < 4.78 is 0. The molecule has 0 bridgehead atoms. The molecule has 0 spiro atoms. The van der Waals surface area contributed by atoms with Gasteiger partial charge in [-0.2, -0.15) is 0 Å². The molecule has 24 heavy (non-hydrogen) atoms. The summed E-state index contributed by atoms with van der Waals surface area (Å²) in [5, 5.41) is 5.62. The van der Waals surface area contributed by atoms with Crippen LogP contribution in [-0.4, -0.2) is 42.5 Å². The summed E-state index contributed by atoms with van der Waals surface area (Å²) in [5.74, 6) is 0.464. The maximum Gasteiger partial charge on any atom is 0.309 e. The van der Waals surface area contributed by atoms with Crippen molar-refractivity contribution in [1.29, 1.82) is 0 Å². The van der Waals surface area contributed by atoms with Crippen LogP contribution in [0.3, 0.4) is 0 Å². The number of carbonyl (C=O) groups is 2. The number of nitrogens with one attached hydrogen (secondary N) is 2. The van der Waals surface area contributed by atoms with Crippen molar-refractivity contribution in [1.82, 2.24) is 15.6 Å². The summed E-state index contributed by atoms with van der Waals surface area (Å²) in [6, 6.07) is 6.13. The highest BCUT2D eigenvalue weighted by molar-refractivity contribution is 6.35. The Labute approximate surface area is 143 Å². The third-order valence-corrected chi connectivity index (χ3v) is 5.04. The Balaban J connectivity index is 1.37. The molecular formula is C18H26N4O2. The molecule has 0 atom stereocenters. The van der Waals surface area contributed by atoms with Crippen LogP contribution >= 0.6 is 0 Å². The standard InChI is InChI=1S/C18H26N4O2/c23-17(18(24)21-15-5-1-2-6-15)20-13-14-8-11-22(12-9-14)16-7-3-4-10-19-16/h3-4,7,10,14-15H,1-2,5-6,8-9,11-13H2,(H,20,23)(H,21,24). The molecule has 0 aromatic carbocycles. The van der Waals surface area contributed by atoms with E-state index in [1.165, 1.54) is 0 Å². The Hall–Kier alpha value is -2.11. The fourth-order valence-electron chi connectivity index (χ4n) is 3.55. The molecule has 1 saturated heterocycles. The van der Waals surface area contributed by atoms with Crippen LogP contribution in [0.2, 0.25) is 0 Å². The van der Waals surface area contributed by atoms with Crippen LogP contribution in [0.15, 0.2) is 24.4 Å². The van der Waals surface area contributed by atoms with Crippen molar-refractivity contribution in [3.8, 4) is 0 Å². The second-order valence-corrected chi connectivity index (χ2v) is 6.78. The van der Waals surface area contributed by atoms with Gasteiger partial charge in [-0.15, -0.1) is 0 Å². The number of hydrogen-bond donors (Lipinski definition) is 2. The van der Waals surface area contributed by atoms with E-state index in [1.54, 1.807) is 0 Å². The van der Waals surface area contributed by atoms with E-state index in [0.29, 0.717) is 12.5 Å². The van der Waals surface area contributed by atoms with Gasteiger partial charge in [0, 0.05) is 31.9 Å². The maximum absolute atomic E-state index is 11.9. The number of carbonyl (C=O) groups excluding carboxylic acids is 2. The number of amides is 2. The van der Waals surface area contributed by atoms with E-state index >= 15 is 0 Å². The Morgan fingerprint density at radius 2 is 1.83 bits per heavy atom. The van der Waals surface area contributed by atoms with Crippen molar-refractivity contribution in [2.45, 2.75) is 44.6 Å². The third-order valence-electron chi connectivity index (χ3n) is 5.04. The first-order chi connectivity index (χ1) is 11.7. The van der Waals surface area contributed by atoms with Crippen LogP contribution < -0.4 is 15.5 Å². The maximum atomic E-state index is 11.9. The van der Waals surface area contributed by atoms with E-state index < -0.39 is 11.8 Å². The summed E-state index contributed by atoms with van der Waals surface area (Å²) in [6.45, 7) is 2.45. The van der Waals surface area contributed by atoms with E-state index in [2.05, 4.69) is 20.5 Å². The molecular weight excluding hydrogens is 304 g/mol. The lowest BCUT2D eigenvalue weighted by Gasteiger charge is -2.32. The van der Waals surface area contributed by atoms with Crippen molar-refractivity contribution in [2.24, 2.45) is 5.92 Å². The molecule has 1 saturated carbocycles. The number of pyridine rings is 1. The van der Waals surface area contributed by atoms with Gasteiger partial charge in [-0.25, -0.2) is 4.98 Å². The van der Waals surface area contributed by atoms with Gasteiger partial charge in [0.25, 0.3) is 0 Å². The monoisotopic (exact) mass is 330 g/mol. The van der Waals surface area contributed by atoms with Crippen LogP contribution in [0, 0.1) is 5.92 Å². The Morgan fingerprint density at radius 3 is 2.50 bits per heavy atom. The number of anilines is 1. The molecule has 2 heterocycles. The fourth-order valence-corrected chi connectivity index (χ4v) is 3.55. The molecule has 1 aliphatic carbocycles. The van der Waals surface area contributed by atoms with E-state index in [1.807, 2.05) is 24.4 Å². The summed E-state index contributed by atoms with van der Waals surface area (Å²) in [7, 11) is 0. The van der Waals surface area contributed by atoms with Crippen molar-refractivity contribution in [2.75, 3.05) is 24.5 Å². The van der Waals surface area contributed by atoms with Gasteiger partial charge in [0.05, 0.1) is 0 Å². The second kappa shape index (κ2) is 8.13. The van der Waals surface area contributed by atoms with E-state index in [4.69, 9.17) is 0 Å². The highest BCUT2D eigenvalue weighted by Gasteiger charge is 2.24. The lowest BCUT2D eigenvalue weighted by Crippen LogP contribution is -2.46. The topological polar surface area (TPSA) is 74.3 Å². The van der Waals surface area contributed by atoms with E-state index in [9.17, 15) is 9.59 Å². The predicted octanol–water partition coefficient (Wildman–Crippen LogP) is 1.47. The molecule has 130 valence electrons. The van der Waals surface area contributed by atoms with Crippen molar-refractivity contribution >= 4 is 17.6 Å². The minimum absolute atomic E-state index is 0.185. The highest BCUT2D eigenvalue weighted by atomic mass is 16.2. The number of nitrogens with zero attached hydrogens (tertiary/aromatic N) is 2. The molecule has 1 aliphatic heterocycles. The van der Waals surface area contributed by atoms with Gasteiger partial charge in [-0.05, 0) is 43.7 Å². The average Bonchev–Trinajstić information content (AvgIpc) is 3.14. The minimum atomic E-state index is -0.492. The number of rotatable bonds is 4. The van der Waals surface area contributed by atoms with Crippen LogP contribution in [0.5, 0.6) is 0 Å². The first-order valence-electron chi connectivity index (χ1n) is 8.97. The predicted molar refractivity (Wildman–Crippen MR) is 92.6 cm³/mol. The van der Waals surface area contributed by atoms with Gasteiger partial charge >= 0.3 is 11.8 Å². The van der Waals surface area contributed by atoms with E-state index in [-0.39, 0.29) is 6.04 Å². The first-order valence-corrected chi connectivity index (χ1v) is 8.97. The van der Waals surface area contributed by atoms with Gasteiger partial charge in [-0.1, -0.05) is 18.9 Å². The molecule has 2 amide bonds. The number of hydrogen-bond acceptors (Lipinski definition) is 4. The van der Waals surface area contributed by atoms with Crippen molar-refractivity contribution in [3.63, 3.8) is 0 Å². The summed E-state index contributed by atoms with van der Waals surface area (Å²) in [5.41, 5.74) is 0. The van der Waals surface area contributed by atoms with Crippen LogP contribution in [0.4, 0.5) is 5.82 Å². The molecule has 2 fully saturated rings. The molecule has 6 nitrogen and oxygen atoms in total. The summed E-state index contributed by atoms with van der Waals surface area (Å²) in [4.78, 5) is 30.4. The zero-order valence-electron chi connectivity index (χ0n) is 14.0. The molecule has 0 radical (unpaired) electrons. The zero-order chi connectivity index (χ0) is 16.8. The van der Waals surface area contributed by atoms with Crippen molar-refractivity contribution < 1.29 is 9.59 Å². The average molecular weight is 330 g/mol. The van der Waals surface area contributed by atoms with E-state index in [0.717, 1.165) is 57.4 Å². The molecule has 0 unspecified atom stereocenters. The molecule has 3 rings (SSSR count).